The number of hydrogen-bond acceptors (Lipinski definition) is 0. The molecule has 0 saturated carbocycles. The summed E-state index contributed by atoms with van der Waals surface area (Å²) < 4.78 is 0. The van der Waals surface area contributed by atoms with E-state index in [0.717, 1.165) is 0 Å². The number of allylic oxidation sites excluding steroid dienone is 4. The van der Waals surface area contributed by atoms with E-state index in [0.29, 0.717) is 0 Å². The molecule has 66 valence electrons. The minimum Gasteiger partial charge on any atom is -0.0792 e. The summed E-state index contributed by atoms with van der Waals surface area (Å²) in [4.78, 5) is 0. The van der Waals surface area contributed by atoms with Gasteiger partial charge >= 0.3 is 0 Å². The van der Waals surface area contributed by atoms with E-state index in [9.17, 15) is 0 Å². The average Bonchev–Trinajstić information content (AvgIpc) is 2.21. The molecule has 0 rings (SSSR count). The smallest absolute Gasteiger partial charge is 0.0000224 e. The molecule has 0 fully saturated rings. The van der Waals surface area contributed by atoms with Crippen molar-refractivity contribution < 1.29 is 0 Å². The van der Waals surface area contributed by atoms with Crippen LogP contribution in [0, 0.1) is 47.4 Å². The Morgan fingerprint density at radius 1 is 0.571 bits per heavy atom. The van der Waals surface area contributed by atoms with Crippen LogP contribution in [-0.2, 0) is 0 Å². The highest BCUT2D eigenvalue weighted by molar-refractivity contribution is 5.41. The largest absolute Gasteiger partial charge is 0.0792 e. The second-order valence-corrected chi connectivity index (χ2v) is 2.04. The van der Waals surface area contributed by atoms with Crippen LogP contribution in [0.15, 0.2) is 24.3 Å². The van der Waals surface area contributed by atoms with E-state index in [2.05, 4.69) is 47.4 Å². The van der Waals surface area contributed by atoms with E-state index in [-0.39, 0.29) is 0 Å². The van der Waals surface area contributed by atoms with Crippen molar-refractivity contribution in [2.24, 2.45) is 0 Å². The molecule has 0 heteroatoms. The lowest BCUT2D eigenvalue weighted by atomic mass is 10.4. The van der Waals surface area contributed by atoms with E-state index in [1.54, 1.807) is 12.2 Å². The first-order valence-corrected chi connectivity index (χ1v) is 4.15. The van der Waals surface area contributed by atoms with Crippen molar-refractivity contribution in [2.75, 3.05) is 0 Å². The Kier molecular flexibility index (Phi) is 8.97. The van der Waals surface area contributed by atoms with E-state index in [1.165, 1.54) is 0 Å². The summed E-state index contributed by atoms with van der Waals surface area (Å²) in [7, 11) is 0. The predicted octanol–water partition coefficient (Wildman–Crippen LogP) is 2.15. The van der Waals surface area contributed by atoms with Gasteiger partial charge in [-0.25, -0.2) is 0 Å². The summed E-state index contributed by atoms with van der Waals surface area (Å²) in [5.41, 5.74) is 0. The second kappa shape index (κ2) is 10.7. The standard InChI is InChI=1S/C14H10/c1-3-5-7-9-11-13-14-12-10-8-6-4-2/h3-6H,1-2H3/b5-3+,6-4+. The molecule has 0 saturated heterocycles. The maximum Gasteiger partial charge on any atom is -0.0000224 e. The second-order valence-electron chi connectivity index (χ2n) is 2.04. The van der Waals surface area contributed by atoms with Crippen molar-refractivity contribution in [3.63, 3.8) is 0 Å². The van der Waals surface area contributed by atoms with Crippen LogP contribution in [0.4, 0.5) is 0 Å². The van der Waals surface area contributed by atoms with E-state index in [1.807, 2.05) is 26.0 Å². The molecule has 0 spiro atoms. The van der Waals surface area contributed by atoms with Gasteiger partial charge < -0.3 is 0 Å². The molecule has 0 aromatic heterocycles. The van der Waals surface area contributed by atoms with Crippen LogP contribution in [0.5, 0.6) is 0 Å². The van der Waals surface area contributed by atoms with Gasteiger partial charge in [0.25, 0.3) is 0 Å². The summed E-state index contributed by atoms with van der Waals surface area (Å²) in [6, 6.07) is 0. The normalized spacial score (nSPS) is 7.29. The molecule has 0 heterocycles. The third-order valence-corrected chi connectivity index (χ3v) is 0.957. The summed E-state index contributed by atoms with van der Waals surface area (Å²) >= 11 is 0. The van der Waals surface area contributed by atoms with Gasteiger partial charge in [0, 0.05) is 0 Å². The summed E-state index contributed by atoms with van der Waals surface area (Å²) in [5.74, 6) is 21.0. The lowest BCUT2D eigenvalue weighted by Crippen LogP contribution is -1.54. The van der Waals surface area contributed by atoms with Crippen LogP contribution in [0.3, 0.4) is 0 Å². The molecule has 0 nitrogen and oxygen atoms in total. The zero-order valence-corrected chi connectivity index (χ0v) is 8.31. The fourth-order valence-corrected chi connectivity index (χ4v) is 0.447. The van der Waals surface area contributed by atoms with Crippen LogP contribution >= 0.6 is 0 Å². The van der Waals surface area contributed by atoms with Gasteiger partial charge in [0.2, 0.25) is 0 Å². The van der Waals surface area contributed by atoms with Crippen LogP contribution < -0.4 is 0 Å². The monoisotopic (exact) mass is 178 g/mol. The maximum absolute atomic E-state index is 2.73. The van der Waals surface area contributed by atoms with Gasteiger partial charge in [-0.15, -0.1) is 0 Å². The van der Waals surface area contributed by atoms with Gasteiger partial charge in [0.1, 0.15) is 0 Å². The van der Waals surface area contributed by atoms with Crippen molar-refractivity contribution in [3.05, 3.63) is 24.3 Å². The highest BCUT2D eigenvalue weighted by atomic mass is 13.6. The fraction of sp³-hybridized carbons (Fsp3) is 0.143. The van der Waals surface area contributed by atoms with Gasteiger partial charge in [-0.2, -0.15) is 0 Å². The summed E-state index contributed by atoms with van der Waals surface area (Å²) in [6.07, 6.45) is 7.16. The summed E-state index contributed by atoms with van der Waals surface area (Å²) in [5, 5.41) is 0. The molecule has 0 aliphatic heterocycles. The quantitative estimate of drug-likeness (QED) is 0.499. The number of hydrogen-bond donors (Lipinski definition) is 0. The van der Waals surface area contributed by atoms with Crippen LogP contribution in [-0.4, -0.2) is 0 Å². The SMILES string of the molecule is C/C=C/C#CC#CC#CC#C/C=C/C. The fourth-order valence-electron chi connectivity index (χ4n) is 0.447. The molecular formula is C14H10. The first-order chi connectivity index (χ1) is 6.91. The Morgan fingerprint density at radius 3 is 1.29 bits per heavy atom. The first kappa shape index (κ1) is 11.7. The van der Waals surface area contributed by atoms with Crippen LogP contribution in [0.25, 0.3) is 0 Å². The Balaban J connectivity index is 4.07. The van der Waals surface area contributed by atoms with Crippen molar-refractivity contribution in [2.45, 2.75) is 13.8 Å². The van der Waals surface area contributed by atoms with Crippen molar-refractivity contribution in [1.82, 2.24) is 0 Å². The Bertz CT molecular complexity index is 397. The molecule has 0 amide bonds. The molecular weight excluding hydrogens is 168 g/mol. The van der Waals surface area contributed by atoms with Crippen LogP contribution in [0.2, 0.25) is 0 Å². The minimum absolute atomic E-state index is 1.73. The molecule has 0 N–H and O–H groups in total. The van der Waals surface area contributed by atoms with Gasteiger partial charge in [-0.1, -0.05) is 24.0 Å². The summed E-state index contributed by atoms with van der Waals surface area (Å²) in [6.45, 7) is 3.80. The Morgan fingerprint density at radius 2 is 0.929 bits per heavy atom. The van der Waals surface area contributed by atoms with E-state index in [4.69, 9.17) is 0 Å². The zero-order valence-electron chi connectivity index (χ0n) is 8.31. The highest BCUT2D eigenvalue weighted by Crippen LogP contribution is 1.64. The number of rotatable bonds is 0. The lowest BCUT2D eigenvalue weighted by Gasteiger charge is -1.59. The average molecular weight is 178 g/mol. The molecule has 0 radical (unpaired) electrons. The van der Waals surface area contributed by atoms with Gasteiger partial charge in [-0.3, -0.25) is 0 Å². The van der Waals surface area contributed by atoms with Gasteiger partial charge in [-0.05, 0) is 61.5 Å². The van der Waals surface area contributed by atoms with Gasteiger partial charge in [0.05, 0.1) is 0 Å². The minimum atomic E-state index is 1.73. The molecule has 14 heavy (non-hydrogen) atoms. The van der Waals surface area contributed by atoms with E-state index < -0.39 is 0 Å². The topological polar surface area (TPSA) is 0 Å². The van der Waals surface area contributed by atoms with Crippen molar-refractivity contribution in [1.29, 1.82) is 0 Å². The highest BCUT2D eigenvalue weighted by Gasteiger charge is 1.56. The molecule has 0 aromatic carbocycles. The molecule has 0 bridgehead atoms. The third kappa shape index (κ3) is 9.72. The molecule has 0 aromatic rings. The molecule has 0 aliphatic rings. The third-order valence-electron chi connectivity index (χ3n) is 0.957. The van der Waals surface area contributed by atoms with Crippen LogP contribution in [0.1, 0.15) is 13.8 Å². The predicted molar refractivity (Wildman–Crippen MR) is 60.7 cm³/mol. The lowest BCUT2D eigenvalue weighted by molar-refractivity contribution is 1.76. The molecule has 0 unspecified atom stereocenters. The van der Waals surface area contributed by atoms with Crippen molar-refractivity contribution >= 4 is 0 Å². The van der Waals surface area contributed by atoms with E-state index >= 15 is 0 Å². The Labute approximate surface area is 86.1 Å². The first-order valence-electron chi connectivity index (χ1n) is 4.15. The molecule has 0 atom stereocenters. The van der Waals surface area contributed by atoms with Crippen molar-refractivity contribution in [3.8, 4) is 47.4 Å². The maximum atomic E-state index is 2.73. The van der Waals surface area contributed by atoms with Gasteiger partial charge in [0.15, 0.2) is 0 Å². The molecule has 0 aliphatic carbocycles. The zero-order chi connectivity index (χ0) is 10.5. The Hall–Kier alpha value is -2.28.